The van der Waals surface area contributed by atoms with Crippen LogP contribution in [0.25, 0.3) is 11.3 Å². The topological polar surface area (TPSA) is 115 Å². The van der Waals surface area contributed by atoms with Crippen LogP contribution < -0.4 is 21.3 Å². The molecule has 6 rings (SSSR count). The molecule has 36 heavy (non-hydrogen) atoms. The molecule has 1 aromatic heterocycles. The maximum absolute atomic E-state index is 15.5. The van der Waals surface area contributed by atoms with Gasteiger partial charge in [0.1, 0.15) is 0 Å². The first kappa shape index (κ1) is 24.0. The SMILES string of the molecule is Nc1cc2ccc1-c1ccnc(n1)Nc1cc(c(F)c(N3CCOCC3)c1)COCCCCNC2=O. The fraction of sp³-hybridized carbons (Fsp3) is 0.346. The largest absolute Gasteiger partial charge is 0.398 e. The van der Waals surface area contributed by atoms with Gasteiger partial charge in [-0.05, 0) is 49.2 Å². The fourth-order valence-electron chi connectivity index (χ4n) is 4.33. The number of ether oxygens (including phenoxy) is 2. The lowest BCUT2D eigenvalue weighted by Crippen LogP contribution is -2.37. The molecule has 3 aliphatic rings. The van der Waals surface area contributed by atoms with Crippen LogP contribution in [0.5, 0.6) is 0 Å². The van der Waals surface area contributed by atoms with Gasteiger partial charge in [-0.3, -0.25) is 4.79 Å². The second kappa shape index (κ2) is 10.9. The molecule has 0 spiro atoms. The van der Waals surface area contributed by atoms with Gasteiger partial charge in [0.25, 0.3) is 5.91 Å². The zero-order valence-corrected chi connectivity index (χ0v) is 19.9. The van der Waals surface area contributed by atoms with Crippen molar-refractivity contribution in [1.29, 1.82) is 0 Å². The highest BCUT2D eigenvalue weighted by molar-refractivity contribution is 5.96. The van der Waals surface area contributed by atoms with Crippen LogP contribution in [0.4, 0.5) is 27.4 Å². The number of rotatable bonds is 1. The highest BCUT2D eigenvalue weighted by Gasteiger charge is 2.20. The molecule has 9 nitrogen and oxygen atoms in total. The molecule has 0 unspecified atom stereocenters. The van der Waals surface area contributed by atoms with Crippen LogP contribution in [0, 0.1) is 5.82 Å². The Balaban J connectivity index is 1.52. The number of nitrogens with one attached hydrogen (secondary N) is 2. The van der Waals surface area contributed by atoms with E-state index in [0.717, 1.165) is 12.8 Å². The van der Waals surface area contributed by atoms with Gasteiger partial charge in [0.2, 0.25) is 5.95 Å². The Hall–Kier alpha value is -3.76. The van der Waals surface area contributed by atoms with Crippen LogP contribution in [0.2, 0.25) is 0 Å². The summed E-state index contributed by atoms with van der Waals surface area (Å²) in [5.41, 5.74) is 10.1. The van der Waals surface area contributed by atoms with Crippen LogP contribution in [0.15, 0.2) is 42.6 Å². The Morgan fingerprint density at radius 3 is 2.72 bits per heavy atom. The Labute approximate surface area is 208 Å². The van der Waals surface area contributed by atoms with Gasteiger partial charge in [-0.15, -0.1) is 0 Å². The number of benzene rings is 2. The highest BCUT2D eigenvalue weighted by Crippen LogP contribution is 2.31. The number of nitrogens with two attached hydrogens (primary N) is 1. The maximum atomic E-state index is 15.5. The van der Waals surface area contributed by atoms with E-state index in [4.69, 9.17) is 15.2 Å². The molecule has 6 bridgehead atoms. The zero-order chi connectivity index (χ0) is 24.9. The van der Waals surface area contributed by atoms with Crippen LogP contribution in [0.3, 0.4) is 0 Å². The summed E-state index contributed by atoms with van der Waals surface area (Å²) in [6.07, 6.45) is 3.10. The number of morpholine rings is 1. The van der Waals surface area contributed by atoms with Gasteiger partial charge in [0.15, 0.2) is 5.82 Å². The minimum Gasteiger partial charge on any atom is -0.398 e. The standard InChI is InChI=1S/C26H29FN6O3/c27-24-18-13-19(15-23(24)33-8-11-35-12-9-33)31-26-30-7-5-22(32-26)20-4-3-17(14-21(20)28)25(34)29-6-1-2-10-36-16-18/h3-5,7,13-15H,1-2,6,8-12,16,28H2,(H,29,34)(H,30,31,32). The summed E-state index contributed by atoms with van der Waals surface area (Å²) in [4.78, 5) is 23.4. The maximum Gasteiger partial charge on any atom is 0.251 e. The van der Waals surface area contributed by atoms with E-state index in [1.165, 1.54) is 0 Å². The van der Waals surface area contributed by atoms with Gasteiger partial charge in [-0.25, -0.2) is 14.4 Å². The Morgan fingerprint density at radius 1 is 1.03 bits per heavy atom. The van der Waals surface area contributed by atoms with Crippen molar-refractivity contribution >= 4 is 28.9 Å². The molecule has 188 valence electrons. The first-order chi connectivity index (χ1) is 17.6. The number of aromatic nitrogens is 2. The van der Waals surface area contributed by atoms with E-state index in [1.807, 2.05) is 4.90 Å². The van der Waals surface area contributed by atoms with E-state index in [2.05, 4.69) is 20.6 Å². The Bertz CT molecular complexity index is 1250. The average Bonchev–Trinajstić information content (AvgIpc) is 2.89. The lowest BCUT2D eigenvalue weighted by molar-refractivity contribution is 0.0945. The normalized spacial score (nSPS) is 16.9. The van der Waals surface area contributed by atoms with Gasteiger partial charge in [0.05, 0.1) is 31.2 Å². The number of carbonyl (C=O) groups is 1. The predicted molar refractivity (Wildman–Crippen MR) is 136 cm³/mol. The molecule has 0 radical (unpaired) electrons. The molecular weight excluding hydrogens is 463 g/mol. The smallest absolute Gasteiger partial charge is 0.251 e. The lowest BCUT2D eigenvalue weighted by atomic mass is 10.1. The summed E-state index contributed by atoms with van der Waals surface area (Å²) < 4.78 is 26.7. The van der Waals surface area contributed by atoms with E-state index in [1.54, 1.807) is 42.6 Å². The van der Waals surface area contributed by atoms with E-state index < -0.39 is 0 Å². The van der Waals surface area contributed by atoms with Crippen molar-refractivity contribution in [3.63, 3.8) is 0 Å². The van der Waals surface area contributed by atoms with Crippen LogP contribution in [-0.4, -0.2) is 55.3 Å². The molecule has 2 aromatic carbocycles. The molecule has 1 amide bonds. The number of hydrogen-bond acceptors (Lipinski definition) is 8. The number of fused-ring (bicyclic) bond motifs is 9. The van der Waals surface area contributed by atoms with Crippen molar-refractivity contribution < 1.29 is 18.7 Å². The minimum atomic E-state index is -0.303. The molecule has 4 heterocycles. The first-order valence-electron chi connectivity index (χ1n) is 12.1. The fourth-order valence-corrected chi connectivity index (χ4v) is 4.33. The number of carbonyl (C=O) groups excluding carboxylic acids is 1. The third-order valence-corrected chi connectivity index (χ3v) is 6.24. The van der Waals surface area contributed by atoms with Gasteiger partial charge >= 0.3 is 0 Å². The second-order valence-electron chi connectivity index (χ2n) is 8.78. The van der Waals surface area contributed by atoms with Gasteiger partial charge in [0, 0.05) is 60.5 Å². The first-order valence-corrected chi connectivity index (χ1v) is 12.1. The number of hydrogen-bond donors (Lipinski definition) is 3. The number of amides is 1. The summed E-state index contributed by atoms with van der Waals surface area (Å²) in [6.45, 7) is 3.39. The van der Waals surface area contributed by atoms with Crippen molar-refractivity contribution in [2.75, 3.05) is 55.4 Å². The average molecular weight is 493 g/mol. The summed E-state index contributed by atoms with van der Waals surface area (Å²) >= 11 is 0. The molecule has 3 aliphatic heterocycles. The highest BCUT2D eigenvalue weighted by atomic mass is 19.1. The summed E-state index contributed by atoms with van der Waals surface area (Å²) in [7, 11) is 0. The third-order valence-electron chi connectivity index (χ3n) is 6.24. The lowest BCUT2D eigenvalue weighted by Gasteiger charge is -2.30. The second-order valence-corrected chi connectivity index (χ2v) is 8.78. The zero-order valence-electron chi connectivity index (χ0n) is 19.9. The Morgan fingerprint density at radius 2 is 1.89 bits per heavy atom. The van der Waals surface area contributed by atoms with E-state index in [9.17, 15) is 4.79 Å². The van der Waals surface area contributed by atoms with Crippen molar-refractivity contribution in [3.05, 3.63) is 59.5 Å². The van der Waals surface area contributed by atoms with Crippen LogP contribution in [-0.2, 0) is 16.1 Å². The molecule has 0 atom stereocenters. The van der Waals surface area contributed by atoms with Crippen LogP contribution >= 0.6 is 0 Å². The molecule has 0 saturated carbocycles. The Kier molecular flexibility index (Phi) is 7.24. The predicted octanol–water partition coefficient (Wildman–Crippen LogP) is 3.49. The van der Waals surface area contributed by atoms with E-state index in [-0.39, 0.29) is 18.3 Å². The third kappa shape index (κ3) is 5.39. The van der Waals surface area contributed by atoms with Crippen molar-refractivity contribution in [2.45, 2.75) is 19.4 Å². The van der Waals surface area contributed by atoms with Gasteiger partial charge < -0.3 is 30.7 Å². The van der Waals surface area contributed by atoms with Crippen LogP contribution in [0.1, 0.15) is 28.8 Å². The van der Waals surface area contributed by atoms with Crippen molar-refractivity contribution in [2.24, 2.45) is 0 Å². The number of nitrogens with zero attached hydrogens (tertiary/aromatic N) is 3. The molecular formula is C26H29FN6O3. The van der Waals surface area contributed by atoms with Crippen molar-refractivity contribution in [1.82, 2.24) is 15.3 Å². The summed E-state index contributed by atoms with van der Waals surface area (Å²) in [5, 5.41) is 6.12. The monoisotopic (exact) mass is 492 g/mol. The number of halogens is 1. The quantitative estimate of drug-likeness (QED) is 0.443. The minimum absolute atomic E-state index is 0.131. The number of nitrogen functional groups attached to an aromatic ring is 1. The van der Waals surface area contributed by atoms with E-state index in [0.29, 0.717) is 84.8 Å². The molecule has 1 fully saturated rings. The molecule has 1 saturated heterocycles. The summed E-state index contributed by atoms with van der Waals surface area (Å²) in [6, 6.07) is 10.4. The molecule has 4 N–H and O–H groups in total. The van der Waals surface area contributed by atoms with Crippen molar-refractivity contribution in [3.8, 4) is 11.3 Å². The number of anilines is 4. The molecule has 0 aliphatic carbocycles. The molecule has 10 heteroatoms. The van der Waals surface area contributed by atoms with E-state index >= 15 is 4.39 Å². The van der Waals surface area contributed by atoms with Gasteiger partial charge in [-0.1, -0.05) is 0 Å². The molecule has 3 aromatic rings. The van der Waals surface area contributed by atoms with Gasteiger partial charge in [-0.2, -0.15) is 0 Å². The summed E-state index contributed by atoms with van der Waals surface area (Å²) in [5.74, 6) is -0.146.